The molecule has 0 spiro atoms. The highest BCUT2D eigenvalue weighted by molar-refractivity contribution is 7.89. The van der Waals surface area contributed by atoms with Gasteiger partial charge in [0.2, 0.25) is 15.9 Å². The van der Waals surface area contributed by atoms with Crippen LogP contribution in [-0.2, 0) is 21.4 Å². The topological polar surface area (TPSA) is 84.3 Å². The summed E-state index contributed by atoms with van der Waals surface area (Å²) < 4.78 is 41.1. The Morgan fingerprint density at radius 3 is 2.72 bits per heavy atom. The van der Waals surface area contributed by atoms with Gasteiger partial charge in [-0.05, 0) is 37.6 Å². The molecule has 1 aromatic carbocycles. The number of amides is 1. The van der Waals surface area contributed by atoms with Gasteiger partial charge in [0, 0.05) is 25.8 Å². The molecule has 0 radical (unpaired) electrons. The number of rotatable bonds is 5. The molecule has 2 aromatic rings. The number of halogens is 1. The minimum absolute atomic E-state index is 0.0270. The van der Waals surface area contributed by atoms with E-state index in [2.05, 4.69) is 10.4 Å². The first-order valence-corrected chi connectivity index (χ1v) is 9.43. The molecule has 0 saturated carbocycles. The molecule has 134 valence electrons. The van der Waals surface area contributed by atoms with E-state index in [0.29, 0.717) is 18.7 Å². The van der Waals surface area contributed by atoms with Gasteiger partial charge in [-0.3, -0.25) is 9.48 Å². The maximum atomic E-state index is 13.0. The van der Waals surface area contributed by atoms with E-state index in [0.717, 1.165) is 12.1 Å². The number of nitrogens with zero attached hydrogens (tertiary/aromatic N) is 3. The summed E-state index contributed by atoms with van der Waals surface area (Å²) in [5.41, 5.74) is 0.590. The SMILES string of the molecule is CCn1cc(NC(=O)[C@H]2CCN(S(=O)(=O)c3ccc(F)cc3)C2)cn1. The van der Waals surface area contributed by atoms with E-state index in [1.807, 2.05) is 6.92 Å². The molecule has 1 aromatic heterocycles. The van der Waals surface area contributed by atoms with Crippen LogP contribution >= 0.6 is 0 Å². The Morgan fingerprint density at radius 2 is 2.08 bits per heavy atom. The number of nitrogens with one attached hydrogen (secondary N) is 1. The molecule has 1 saturated heterocycles. The van der Waals surface area contributed by atoms with Gasteiger partial charge in [-0.15, -0.1) is 0 Å². The summed E-state index contributed by atoms with van der Waals surface area (Å²) in [5, 5.41) is 6.84. The van der Waals surface area contributed by atoms with E-state index >= 15 is 0 Å². The number of hydrogen-bond acceptors (Lipinski definition) is 4. The van der Waals surface area contributed by atoms with Crippen LogP contribution in [0.3, 0.4) is 0 Å². The van der Waals surface area contributed by atoms with Gasteiger partial charge in [0.15, 0.2) is 0 Å². The van der Waals surface area contributed by atoms with Gasteiger partial charge in [-0.2, -0.15) is 9.40 Å². The molecular formula is C16H19FN4O3S. The highest BCUT2D eigenvalue weighted by Crippen LogP contribution is 2.25. The summed E-state index contributed by atoms with van der Waals surface area (Å²) in [4.78, 5) is 12.4. The van der Waals surface area contributed by atoms with Crippen molar-refractivity contribution >= 4 is 21.6 Å². The normalized spacial score (nSPS) is 18.4. The average Bonchev–Trinajstić information content (AvgIpc) is 3.24. The van der Waals surface area contributed by atoms with E-state index in [-0.39, 0.29) is 23.9 Å². The van der Waals surface area contributed by atoms with Gasteiger partial charge in [-0.25, -0.2) is 12.8 Å². The Balaban J connectivity index is 1.66. The van der Waals surface area contributed by atoms with Crippen LogP contribution in [0.15, 0.2) is 41.6 Å². The van der Waals surface area contributed by atoms with E-state index < -0.39 is 21.8 Å². The Morgan fingerprint density at radius 1 is 1.36 bits per heavy atom. The van der Waals surface area contributed by atoms with Gasteiger partial charge in [0.25, 0.3) is 0 Å². The quantitative estimate of drug-likeness (QED) is 0.873. The molecule has 1 aliphatic rings. The predicted octanol–water partition coefficient (Wildman–Crippen LogP) is 1.69. The first kappa shape index (κ1) is 17.6. The number of anilines is 1. The molecule has 3 rings (SSSR count). The fraction of sp³-hybridized carbons (Fsp3) is 0.375. The van der Waals surface area contributed by atoms with Crippen LogP contribution in [0.2, 0.25) is 0 Å². The van der Waals surface area contributed by atoms with Crippen molar-refractivity contribution in [2.75, 3.05) is 18.4 Å². The molecule has 25 heavy (non-hydrogen) atoms. The van der Waals surface area contributed by atoms with Crippen molar-refractivity contribution in [3.63, 3.8) is 0 Å². The number of benzene rings is 1. The van der Waals surface area contributed by atoms with Crippen LogP contribution in [0, 0.1) is 11.7 Å². The summed E-state index contributed by atoms with van der Waals surface area (Å²) in [5.74, 6) is -1.15. The summed E-state index contributed by atoms with van der Waals surface area (Å²) >= 11 is 0. The smallest absolute Gasteiger partial charge is 0.243 e. The lowest BCUT2D eigenvalue weighted by molar-refractivity contribution is -0.119. The maximum Gasteiger partial charge on any atom is 0.243 e. The Kier molecular flexibility index (Phi) is 4.87. The third-order valence-electron chi connectivity index (χ3n) is 4.20. The Hall–Kier alpha value is -2.26. The summed E-state index contributed by atoms with van der Waals surface area (Å²) in [6.45, 7) is 3.00. The summed E-state index contributed by atoms with van der Waals surface area (Å²) in [6, 6.07) is 4.69. The van der Waals surface area contributed by atoms with E-state index in [1.165, 1.54) is 16.4 Å². The molecule has 9 heteroatoms. The number of carbonyl (C=O) groups excluding carboxylic acids is 1. The van der Waals surface area contributed by atoms with Crippen LogP contribution in [0.4, 0.5) is 10.1 Å². The first-order chi connectivity index (χ1) is 11.9. The third kappa shape index (κ3) is 3.72. The zero-order chi connectivity index (χ0) is 18.0. The molecule has 7 nitrogen and oxygen atoms in total. The highest BCUT2D eigenvalue weighted by atomic mass is 32.2. The maximum absolute atomic E-state index is 13.0. The lowest BCUT2D eigenvalue weighted by Crippen LogP contribution is -2.31. The Labute approximate surface area is 145 Å². The lowest BCUT2D eigenvalue weighted by atomic mass is 10.1. The molecule has 1 fully saturated rings. The van der Waals surface area contributed by atoms with Crippen molar-refractivity contribution in [3.8, 4) is 0 Å². The third-order valence-corrected chi connectivity index (χ3v) is 6.08. The van der Waals surface area contributed by atoms with Gasteiger partial charge in [0.1, 0.15) is 5.82 Å². The largest absolute Gasteiger partial charge is 0.323 e. The molecule has 0 aliphatic carbocycles. The van der Waals surface area contributed by atoms with Crippen molar-refractivity contribution in [2.24, 2.45) is 5.92 Å². The second-order valence-electron chi connectivity index (χ2n) is 5.88. The molecule has 1 aliphatic heterocycles. The number of carbonyl (C=O) groups is 1. The molecule has 1 N–H and O–H groups in total. The Bertz CT molecular complexity index is 864. The minimum Gasteiger partial charge on any atom is -0.323 e. The van der Waals surface area contributed by atoms with Gasteiger partial charge in [0.05, 0.1) is 22.7 Å². The van der Waals surface area contributed by atoms with E-state index in [9.17, 15) is 17.6 Å². The van der Waals surface area contributed by atoms with Crippen LogP contribution in [0.25, 0.3) is 0 Å². The molecule has 0 unspecified atom stereocenters. The monoisotopic (exact) mass is 366 g/mol. The molecule has 1 atom stereocenters. The number of aryl methyl sites for hydroxylation is 1. The fourth-order valence-corrected chi connectivity index (χ4v) is 4.26. The molecular weight excluding hydrogens is 347 g/mol. The van der Waals surface area contributed by atoms with E-state index in [1.54, 1.807) is 17.1 Å². The number of hydrogen-bond donors (Lipinski definition) is 1. The van der Waals surface area contributed by atoms with Crippen LogP contribution in [0.1, 0.15) is 13.3 Å². The van der Waals surface area contributed by atoms with Crippen molar-refractivity contribution < 1.29 is 17.6 Å². The zero-order valence-electron chi connectivity index (χ0n) is 13.7. The van der Waals surface area contributed by atoms with Crippen molar-refractivity contribution in [1.29, 1.82) is 0 Å². The molecule has 2 heterocycles. The standard InChI is InChI=1S/C16H19FN4O3S/c1-2-20-11-14(9-18-20)19-16(22)12-7-8-21(10-12)25(23,24)15-5-3-13(17)4-6-15/h3-6,9,11-12H,2,7-8,10H2,1H3,(H,19,22)/t12-/m0/s1. The zero-order valence-corrected chi connectivity index (χ0v) is 14.5. The van der Waals surface area contributed by atoms with Crippen molar-refractivity contribution in [1.82, 2.24) is 14.1 Å². The van der Waals surface area contributed by atoms with Crippen LogP contribution < -0.4 is 5.32 Å². The first-order valence-electron chi connectivity index (χ1n) is 7.99. The highest BCUT2D eigenvalue weighted by Gasteiger charge is 2.35. The van der Waals surface area contributed by atoms with Gasteiger partial charge in [-0.1, -0.05) is 0 Å². The van der Waals surface area contributed by atoms with Gasteiger partial charge < -0.3 is 5.32 Å². The van der Waals surface area contributed by atoms with E-state index in [4.69, 9.17) is 0 Å². The van der Waals surface area contributed by atoms with Crippen LogP contribution in [0.5, 0.6) is 0 Å². The average molecular weight is 366 g/mol. The second kappa shape index (κ2) is 6.93. The fourth-order valence-electron chi connectivity index (χ4n) is 2.76. The minimum atomic E-state index is -3.72. The van der Waals surface area contributed by atoms with Crippen molar-refractivity contribution in [2.45, 2.75) is 24.8 Å². The van der Waals surface area contributed by atoms with Gasteiger partial charge >= 0.3 is 0 Å². The predicted molar refractivity (Wildman–Crippen MR) is 89.8 cm³/mol. The second-order valence-corrected chi connectivity index (χ2v) is 7.81. The molecule has 1 amide bonds. The number of sulfonamides is 1. The molecule has 0 bridgehead atoms. The number of aromatic nitrogens is 2. The summed E-state index contributed by atoms with van der Waals surface area (Å²) in [6.07, 6.45) is 3.72. The van der Waals surface area contributed by atoms with Crippen molar-refractivity contribution in [3.05, 3.63) is 42.5 Å². The van der Waals surface area contributed by atoms with Crippen LogP contribution in [-0.4, -0.2) is 41.5 Å². The lowest BCUT2D eigenvalue weighted by Gasteiger charge is -2.16. The summed E-state index contributed by atoms with van der Waals surface area (Å²) in [7, 11) is -3.72.